The van der Waals surface area contributed by atoms with Crippen molar-refractivity contribution in [3.05, 3.63) is 109 Å². The van der Waals surface area contributed by atoms with E-state index in [1.807, 2.05) is 30.3 Å². The Balaban J connectivity index is 1.80. The maximum atomic E-state index is 14.2. The third-order valence-corrected chi connectivity index (χ3v) is 8.65. The molecule has 0 bridgehead atoms. The fourth-order valence-electron chi connectivity index (χ4n) is 5.31. The summed E-state index contributed by atoms with van der Waals surface area (Å²) >= 11 is 1.08. The highest BCUT2D eigenvalue weighted by molar-refractivity contribution is 7.07. The minimum absolute atomic E-state index is 0.0651. The van der Waals surface area contributed by atoms with E-state index in [9.17, 15) is 14.4 Å². The van der Waals surface area contributed by atoms with Crippen molar-refractivity contribution in [2.75, 3.05) is 35.5 Å². The number of rotatable bonds is 10. The van der Waals surface area contributed by atoms with Gasteiger partial charge >= 0.3 is 5.97 Å². The maximum absolute atomic E-state index is 14.2. The lowest BCUT2D eigenvalue weighted by Crippen LogP contribution is -2.43. The molecule has 1 aliphatic rings. The molecule has 12 heteroatoms. The molecule has 0 fully saturated rings. The fraction of sp³-hybridized carbons (Fsp3) is 0.206. The largest absolute Gasteiger partial charge is 0.493 e. The van der Waals surface area contributed by atoms with Crippen LogP contribution in [0.2, 0.25) is 0 Å². The number of methoxy groups -OCH3 is 5. The van der Waals surface area contributed by atoms with Crippen molar-refractivity contribution in [3.8, 4) is 23.0 Å². The van der Waals surface area contributed by atoms with E-state index in [1.54, 1.807) is 42.5 Å². The van der Waals surface area contributed by atoms with E-state index in [0.717, 1.165) is 16.9 Å². The van der Waals surface area contributed by atoms with Crippen LogP contribution in [-0.2, 0) is 20.9 Å². The molecule has 11 nitrogen and oxygen atoms in total. The van der Waals surface area contributed by atoms with Crippen molar-refractivity contribution in [2.24, 2.45) is 5.73 Å². The smallest absolute Gasteiger partial charge is 0.338 e. The summed E-state index contributed by atoms with van der Waals surface area (Å²) in [5.41, 5.74) is 8.23. The SMILES string of the molecule is COC(=O)C1=C(N)n2c(s/c(=C/c3ccc(OC)c(OC)c3)c2=O)=C(C(=O)NCc2ccccc2)C1c1ccc(OC)c(OC)c1. The number of hydrogen-bond donors (Lipinski definition) is 2. The van der Waals surface area contributed by atoms with Crippen LogP contribution in [-0.4, -0.2) is 52.0 Å². The van der Waals surface area contributed by atoms with E-state index in [2.05, 4.69) is 5.32 Å². The molecule has 0 spiro atoms. The average molecular weight is 644 g/mol. The summed E-state index contributed by atoms with van der Waals surface area (Å²) in [7, 11) is 7.25. The molecule has 2 heterocycles. The molecular formula is C34H33N3O8S. The van der Waals surface area contributed by atoms with Crippen LogP contribution in [0.15, 0.2) is 77.1 Å². The zero-order valence-electron chi connectivity index (χ0n) is 25.9. The van der Waals surface area contributed by atoms with E-state index in [1.165, 1.54) is 40.1 Å². The second-order valence-electron chi connectivity index (χ2n) is 10.1. The van der Waals surface area contributed by atoms with Gasteiger partial charge in [-0.3, -0.25) is 14.2 Å². The minimum Gasteiger partial charge on any atom is -0.493 e. The molecule has 3 N–H and O–H groups in total. The lowest BCUT2D eigenvalue weighted by Gasteiger charge is -2.27. The van der Waals surface area contributed by atoms with Gasteiger partial charge in [-0.1, -0.05) is 42.5 Å². The monoisotopic (exact) mass is 643 g/mol. The second-order valence-corrected chi connectivity index (χ2v) is 11.1. The Morgan fingerprint density at radius 3 is 2.11 bits per heavy atom. The van der Waals surface area contributed by atoms with Crippen molar-refractivity contribution in [1.82, 2.24) is 9.88 Å². The van der Waals surface area contributed by atoms with Gasteiger partial charge in [0, 0.05) is 6.54 Å². The van der Waals surface area contributed by atoms with Crippen LogP contribution >= 0.6 is 11.3 Å². The van der Waals surface area contributed by atoms with Crippen molar-refractivity contribution in [3.63, 3.8) is 0 Å². The third-order valence-electron chi connectivity index (χ3n) is 7.54. The summed E-state index contributed by atoms with van der Waals surface area (Å²) < 4.78 is 28.6. The summed E-state index contributed by atoms with van der Waals surface area (Å²) in [6.07, 6.45) is 1.66. The number of nitrogens with one attached hydrogen (secondary N) is 1. The maximum Gasteiger partial charge on any atom is 0.338 e. The minimum atomic E-state index is -1.02. The molecule has 3 aromatic carbocycles. The summed E-state index contributed by atoms with van der Waals surface area (Å²) in [6, 6.07) is 19.7. The molecule has 5 rings (SSSR count). The number of aromatic nitrogens is 1. The van der Waals surface area contributed by atoms with E-state index < -0.39 is 23.4 Å². The molecule has 1 unspecified atom stereocenters. The van der Waals surface area contributed by atoms with E-state index >= 15 is 0 Å². The Bertz CT molecular complexity index is 2010. The molecule has 0 saturated carbocycles. The lowest BCUT2D eigenvalue weighted by atomic mass is 9.82. The summed E-state index contributed by atoms with van der Waals surface area (Å²) in [5.74, 6) is -0.613. The number of carbonyl (C=O) groups excluding carboxylic acids is 2. The molecule has 0 aliphatic carbocycles. The highest BCUT2D eigenvalue weighted by Gasteiger charge is 2.39. The first-order valence-electron chi connectivity index (χ1n) is 14.1. The third kappa shape index (κ3) is 5.94. The zero-order chi connectivity index (χ0) is 33.0. The Hall–Kier alpha value is -5.49. The van der Waals surface area contributed by atoms with Crippen molar-refractivity contribution < 1.29 is 33.3 Å². The molecule has 46 heavy (non-hydrogen) atoms. The number of amides is 1. The first-order chi connectivity index (χ1) is 22.3. The van der Waals surface area contributed by atoms with Gasteiger partial charge in [-0.25, -0.2) is 4.79 Å². The van der Waals surface area contributed by atoms with Gasteiger partial charge in [0.15, 0.2) is 23.0 Å². The number of carbonyl (C=O) groups is 2. The number of hydrogen-bond acceptors (Lipinski definition) is 10. The van der Waals surface area contributed by atoms with Crippen LogP contribution in [0, 0.1) is 0 Å². The van der Waals surface area contributed by atoms with E-state index in [0.29, 0.717) is 34.1 Å². The van der Waals surface area contributed by atoms with E-state index in [-0.39, 0.29) is 32.7 Å². The highest BCUT2D eigenvalue weighted by atomic mass is 32.1. The number of thiazole rings is 1. The molecule has 4 aromatic rings. The number of esters is 1. The lowest BCUT2D eigenvalue weighted by molar-refractivity contribution is -0.136. The van der Waals surface area contributed by atoms with Crippen molar-refractivity contribution in [2.45, 2.75) is 12.5 Å². The molecule has 0 radical (unpaired) electrons. The fourth-order valence-corrected chi connectivity index (χ4v) is 6.49. The molecule has 1 amide bonds. The highest BCUT2D eigenvalue weighted by Crippen LogP contribution is 2.40. The zero-order valence-corrected chi connectivity index (χ0v) is 26.7. The van der Waals surface area contributed by atoms with Gasteiger partial charge in [0.2, 0.25) is 0 Å². The Labute approximate surface area is 268 Å². The van der Waals surface area contributed by atoms with Crippen molar-refractivity contribution in [1.29, 1.82) is 0 Å². The van der Waals surface area contributed by atoms with Gasteiger partial charge in [0.25, 0.3) is 11.5 Å². The van der Waals surface area contributed by atoms with Crippen LogP contribution in [0.25, 0.3) is 17.5 Å². The predicted octanol–water partition coefficient (Wildman–Crippen LogP) is 2.34. The van der Waals surface area contributed by atoms with Gasteiger partial charge < -0.3 is 34.7 Å². The van der Waals surface area contributed by atoms with Crippen LogP contribution in [0.3, 0.4) is 0 Å². The standard InChI is InChI=1S/C34H33N3O8S/c1-41-22-13-11-20(15-24(22)43-3)16-26-32(39)37-30(35)28(34(40)45-5)27(21-12-14-23(42-2)25(17-21)44-4)29(33(37)46-26)31(38)36-18-19-9-7-6-8-10-19/h6-17,27H,18,35H2,1-5H3,(H,36,38)/b26-16+. The molecule has 238 valence electrons. The van der Waals surface area contributed by atoms with Crippen LogP contribution < -0.4 is 44.8 Å². The number of nitrogens with zero attached hydrogens (tertiary/aromatic N) is 1. The molecule has 1 atom stereocenters. The summed E-state index contributed by atoms with van der Waals surface area (Å²) in [5, 5.41) is 2.96. The van der Waals surface area contributed by atoms with Gasteiger partial charge in [-0.15, -0.1) is 11.3 Å². The number of fused-ring (bicyclic) bond motifs is 1. The summed E-state index contributed by atoms with van der Waals surface area (Å²) in [6.45, 7) is 0.203. The van der Waals surface area contributed by atoms with Gasteiger partial charge in [0.1, 0.15) is 10.5 Å². The predicted molar refractivity (Wildman–Crippen MR) is 174 cm³/mol. The molecular weight excluding hydrogens is 610 g/mol. The van der Waals surface area contributed by atoms with Crippen molar-refractivity contribution >= 4 is 40.7 Å². The normalized spacial score (nSPS) is 14.4. The van der Waals surface area contributed by atoms with Crippen LogP contribution in [0.4, 0.5) is 0 Å². The first-order valence-corrected chi connectivity index (χ1v) is 14.9. The quantitative estimate of drug-likeness (QED) is 0.249. The Morgan fingerprint density at radius 1 is 0.848 bits per heavy atom. The number of benzene rings is 3. The van der Waals surface area contributed by atoms with E-state index in [4.69, 9.17) is 29.4 Å². The van der Waals surface area contributed by atoms with Crippen LogP contribution in [0.1, 0.15) is 22.6 Å². The Kier molecular flexibility index (Phi) is 9.47. The Morgan fingerprint density at radius 2 is 1.48 bits per heavy atom. The molecule has 1 aliphatic heterocycles. The number of nitrogens with two attached hydrogens (primary N) is 1. The van der Waals surface area contributed by atoms with Crippen LogP contribution in [0.5, 0.6) is 23.0 Å². The summed E-state index contributed by atoms with van der Waals surface area (Å²) in [4.78, 5) is 41.6. The van der Waals surface area contributed by atoms with Gasteiger partial charge in [-0.2, -0.15) is 0 Å². The average Bonchev–Trinajstić information content (AvgIpc) is 3.41. The first kappa shape index (κ1) is 31.9. The second kappa shape index (κ2) is 13.7. The topological polar surface area (TPSA) is 140 Å². The van der Waals surface area contributed by atoms with Gasteiger partial charge in [0.05, 0.1) is 57.1 Å². The number of ether oxygens (including phenoxy) is 5. The molecule has 0 saturated heterocycles. The molecule has 1 aromatic heterocycles. The van der Waals surface area contributed by atoms with Gasteiger partial charge in [-0.05, 0) is 47.0 Å².